The van der Waals surface area contributed by atoms with Crippen LogP contribution in [-0.2, 0) is 4.79 Å². The van der Waals surface area contributed by atoms with Crippen LogP contribution in [0.1, 0.15) is 25.0 Å². The highest BCUT2D eigenvalue weighted by Crippen LogP contribution is 2.20. The molecule has 5 nitrogen and oxygen atoms in total. The number of nitrogens with zero attached hydrogens (tertiary/aromatic N) is 1. The molecule has 0 bridgehead atoms. The van der Waals surface area contributed by atoms with E-state index in [4.69, 9.17) is 0 Å². The van der Waals surface area contributed by atoms with Gasteiger partial charge in [-0.2, -0.15) is 8.78 Å². The van der Waals surface area contributed by atoms with Gasteiger partial charge in [0.2, 0.25) is 5.91 Å². The smallest absolute Gasteiger partial charge is 0.387 e. The molecule has 2 N–H and O–H groups in total. The van der Waals surface area contributed by atoms with E-state index in [2.05, 4.69) is 10.1 Å². The molecule has 1 rings (SSSR count). The number of carbonyl (C=O) groups is 1. The van der Waals surface area contributed by atoms with E-state index >= 15 is 0 Å². The largest absolute Gasteiger partial charge is 0.435 e. The number of aliphatic hydroxyl groups is 1. The lowest BCUT2D eigenvalue weighted by Gasteiger charge is -2.22. The fourth-order valence-corrected chi connectivity index (χ4v) is 2.12. The van der Waals surface area contributed by atoms with Crippen LogP contribution in [0.2, 0.25) is 0 Å². The van der Waals surface area contributed by atoms with Crippen molar-refractivity contribution in [2.45, 2.75) is 32.1 Å². The Kier molecular flexibility index (Phi) is 7.20. The molecule has 0 aliphatic rings. The molecule has 0 saturated heterocycles. The Morgan fingerprint density at radius 2 is 2.09 bits per heavy atom. The summed E-state index contributed by atoms with van der Waals surface area (Å²) in [5.74, 6) is -0.218. The molecular formula is C15H22F2N2O3. The highest BCUT2D eigenvalue weighted by molar-refractivity contribution is 5.81. The van der Waals surface area contributed by atoms with Crippen LogP contribution in [0, 0.1) is 0 Å². The predicted molar refractivity (Wildman–Crippen MR) is 78.8 cm³/mol. The molecule has 7 heteroatoms. The Morgan fingerprint density at radius 1 is 1.41 bits per heavy atom. The lowest BCUT2D eigenvalue weighted by molar-refractivity contribution is -0.126. The maximum atomic E-state index is 12.2. The second kappa shape index (κ2) is 8.65. The summed E-state index contributed by atoms with van der Waals surface area (Å²) in [5.41, 5.74) is 0.399. The lowest BCUT2D eigenvalue weighted by atomic mass is 10.1. The Hall–Kier alpha value is -1.73. The lowest BCUT2D eigenvalue weighted by Crippen LogP contribution is -2.44. The summed E-state index contributed by atoms with van der Waals surface area (Å²) in [6.45, 7) is -1.02. The van der Waals surface area contributed by atoms with E-state index in [1.54, 1.807) is 25.1 Å². The molecule has 0 spiro atoms. The minimum Gasteiger partial charge on any atom is -0.435 e. The first-order valence-electron chi connectivity index (χ1n) is 7.02. The van der Waals surface area contributed by atoms with Crippen molar-refractivity contribution in [3.63, 3.8) is 0 Å². The van der Waals surface area contributed by atoms with Gasteiger partial charge in [0.25, 0.3) is 0 Å². The number of ether oxygens (including phenoxy) is 1. The third-order valence-corrected chi connectivity index (χ3v) is 3.25. The number of carbonyl (C=O) groups excluding carboxylic acids is 1. The van der Waals surface area contributed by atoms with Gasteiger partial charge in [-0.25, -0.2) is 0 Å². The van der Waals surface area contributed by atoms with Crippen molar-refractivity contribution in [2.24, 2.45) is 0 Å². The number of nitrogens with one attached hydrogen (secondary N) is 1. The summed E-state index contributed by atoms with van der Waals surface area (Å²) < 4.78 is 28.6. The molecule has 2 unspecified atom stereocenters. The fourth-order valence-electron chi connectivity index (χ4n) is 2.12. The molecule has 0 radical (unpaired) electrons. The zero-order chi connectivity index (χ0) is 16.7. The van der Waals surface area contributed by atoms with Gasteiger partial charge < -0.3 is 15.2 Å². The van der Waals surface area contributed by atoms with Gasteiger partial charge >= 0.3 is 6.61 Å². The number of halogens is 2. The van der Waals surface area contributed by atoms with Crippen LogP contribution in [0.25, 0.3) is 0 Å². The van der Waals surface area contributed by atoms with E-state index in [9.17, 15) is 18.7 Å². The standard InChI is InChI=1S/C15H22F2N2O3/c1-4-12(19(2)3)14(21)18-9-13(20)10-6-5-7-11(8-10)22-15(16)17/h5-8,12-13,15,20H,4,9H2,1-3H3,(H,18,21). The third-order valence-electron chi connectivity index (χ3n) is 3.25. The van der Waals surface area contributed by atoms with Crippen molar-refractivity contribution in [2.75, 3.05) is 20.6 Å². The Balaban J connectivity index is 2.61. The SMILES string of the molecule is CCC(C(=O)NCC(O)c1cccc(OC(F)F)c1)N(C)C. The molecule has 0 saturated carbocycles. The Morgan fingerprint density at radius 3 is 2.64 bits per heavy atom. The van der Waals surface area contributed by atoms with Gasteiger partial charge in [0.15, 0.2) is 0 Å². The van der Waals surface area contributed by atoms with Crippen molar-refractivity contribution in [3.05, 3.63) is 29.8 Å². The van der Waals surface area contributed by atoms with E-state index in [0.717, 1.165) is 0 Å². The fraction of sp³-hybridized carbons (Fsp3) is 0.533. The predicted octanol–water partition coefficient (Wildman–Crippen LogP) is 1.78. The van der Waals surface area contributed by atoms with Gasteiger partial charge in [-0.15, -0.1) is 0 Å². The van der Waals surface area contributed by atoms with Gasteiger partial charge in [-0.05, 0) is 38.2 Å². The second-order valence-electron chi connectivity index (χ2n) is 5.10. The van der Waals surface area contributed by atoms with Gasteiger partial charge in [-0.1, -0.05) is 19.1 Å². The number of hydrogen-bond acceptors (Lipinski definition) is 4. The first-order chi connectivity index (χ1) is 10.3. The molecule has 0 aliphatic carbocycles. The molecule has 1 amide bonds. The molecule has 0 aliphatic heterocycles. The maximum Gasteiger partial charge on any atom is 0.387 e. The number of amides is 1. The summed E-state index contributed by atoms with van der Waals surface area (Å²) in [5, 5.41) is 12.7. The summed E-state index contributed by atoms with van der Waals surface area (Å²) in [6, 6.07) is 5.51. The first-order valence-corrected chi connectivity index (χ1v) is 7.02. The molecular weight excluding hydrogens is 294 g/mol. The minimum absolute atomic E-state index is 0.00129. The number of alkyl halides is 2. The van der Waals surface area contributed by atoms with Crippen LogP contribution in [0.4, 0.5) is 8.78 Å². The number of benzene rings is 1. The summed E-state index contributed by atoms with van der Waals surface area (Å²) >= 11 is 0. The van der Waals surface area contributed by atoms with E-state index in [0.29, 0.717) is 12.0 Å². The minimum atomic E-state index is -2.92. The number of aliphatic hydroxyl groups excluding tert-OH is 1. The van der Waals surface area contributed by atoms with Crippen molar-refractivity contribution in [3.8, 4) is 5.75 Å². The van der Waals surface area contributed by atoms with Crippen LogP contribution in [0.5, 0.6) is 5.75 Å². The quantitative estimate of drug-likeness (QED) is 0.767. The van der Waals surface area contributed by atoms with Crippen LogP contribution in [-0.4, -0.2) is 49.2 Å². The zero-order valence-electron chi connectivity index (χ0n) is 12.9. The molecule has 0 aromatic heterocycles. The number of likely N-dealkylation sites (N-methyl/N-ethyl adjacent to an activating group) is 1. The van der Waals surface area contributed by atoms with Crippen LogP contribution in [0.15, 0.2) is 24.3 Å². The molecule has 0 fully saturated rings. The number of rotatable bonds is 8. The highest BCUT2D eigenvalue weighted by Gasteiger charge is 2.19. The molecule has 1 aromatic rings. The van der Waals surface area contributed by atoms with E-state index in [-0.39, 0.29) is 24.2 Å². The molecule has 1 aromatic carbocycles. The molecule has 22 heavy (non-hydrogen) atoms. The normalized spacial score (nSPS) is 14.0. The third kappa shape index (κ3) is 5.57. The summed E-state index contributed by atoms with van der Waals surface area (Å²) in [4.78, 5) is 13.8. The Bertz CT molecular complexity index is 484. The summed E-state index contributed by atoms with van der Waals surface area (Å²) in [7, 11) is 3.60. The first kappa shape index (κ1) is 18.3. The van der Waals surface area contributed by atoms with Gasteiger partial charge in [-0.3, -0.25) is 9.69 Å². The van der Waals surface area contributed by atoms with Crippen LogP contribution < -0.4 is 10.1 Å². The molecule has 0 heterocycles. The van der Waals surface area contributed by atoms with Crippen molar-refractivity contribution < 1.29 is 23.4 Å². The van der Waals surface area contributed by atoms with Crippen molar-refractivity contribution >= 4 is 5.91 Å². The zero-order valence-corrected chi connectivity index (χ0v) is 12.9. The molecule has 124 valence electrons. The van der Waals surface area contributed by atoms with Gasteiger partial charge in [0.05, 0.1) is 12.1 Å². The highest BCUT2D eigenvalue weighted by atomic mass is 19.3. The van der Waals surface area contributed by atoms with Crippen molar-refractivity contribution in [1.82, 2.24) is 10.2 Å². The number of hydrogen-bond donors (Lipinski definition) is 2. The van der Waals surface area contributed by atoms with Crippen LogP contribution >= 0.6 is 0 Å². The van der Waals surface area contributed by atoms with Gasteiger partial charge in [0, 0.05) is 6.54 Å². The van der Waals surface area contributed by atoms with Crippen molar-refractivity contribution in [1.29, 1.82) is 0 Å². The monoisotopic (exact) mass is 316 g/mol. The average molecular weight is 316 g/mol. The van der Waals surface area contributed by atoms with E-state index < -0.39 is 12.7 Å². The maximum absolute atomic E-state index is 12.2. The Labute approximate surface area is 128 Å². The second-order valence-corrected chi connectivity index (χ2v) is 5.10. The topological polar surface area (TPSA) is 61.8 Å². The molecule has 2 atom stereocenters. The van der Waals surface area contributed by atoms with E-state index in [1.165, 1.54) is 18.2 Å². The average Bonchev–Trinajstić information content (AvgIpc) is 2.44. The summed E-state index contributed by atoms with van der Waals surface area (Å²) in [6.07, 6.45) is -0.350. The van der Waals surface area contributed by atoms with E-state index in [1.807, 2.05) is 6.92 Å². The van der Waals surface area contributed by atoms with Crippen LogP contribution in [0.3, 0.4) is 0 Å². The van der Waals surface area contributed by atoms with Gasteiger partial charge in [0.1, 0.15) is 5.75 Å².